The van der Waals surface area contributed by atoms with Crippen LogP contribution in [0.25, 0.3) is 0 Å². The topological polar surface area (TPSA) is 25.0 Å². The van der Waals surface area contributed by atoms with Gasteiger partial charge in [0.05, 0.1) is 18.8 Å². The quantitative estimate of drug-likeness (QED) is 0.427. The Morgan fingerprint density at radius 2 is 1.52 bits per heavy atom. The molecule has 2 rings (SSSR count). The van der Waals surface area contributed by atoms with Gasteiger partial charge in [-0.2, -0.15) is 0 Å². The van der Waals surface area contributed by atoms with Crippen LogP contribution in [-0.4, -0.2) is 47.9 Å². The summed E-state index contributed by atoms with van der Waals surface area (Å²) in [4.78, 5) is 2.66. The van der Waals surface area contributed by atoms with Crippen LogP contribution >= 0.6 is 0 Å². The highest BCUT2D eigenvalue weighted by Crippen LogP contribution is 2.40. The largest absolute Gasteiger partial charge is 0.378 e. The van der Waals surface area contributed by atoms with Crippen LogP contribution in [0.15, 0.2) is 0 Å². The van der Waals surface area contributed by atoms with Crippen molar-refractivity contribution in [2.75, 3.05) is 19.8 Å². The number of hydrogen-bond donors (Lipinski definition) is 0. The molecule has 2 fully saturated rings. The minimum absolute atomic E-state index is 0.194. The monoisotopic (exact) mass is 325 g/mol. The molecule has 2 aliphatic rings. The Morgan fingerprint density at radius 1 is 0.957 bits per heavy atom. The van der Waals surface area contributed by atoms with E-state index in [1.54, 1.807) is 0 Å². The molecule has 0 saturated carbocycles. The number of rotatable bonds is 10. The molecule has 3 nitrogen and oxygen atoms in total. The van der Waals surface area contributed by atoms with Gasteiger partial charge in [0.25, 0.3) is 0 Å². The molecule has 0 bridgehead atoms. The number of nitrogens with zero attached hydrogens (tertiary/aromatic N) is 1. The van der Waals surface area contributed by atoms with Gasteiger partial charge in [-0.1, -0.05) is 39.0 Å². The number of piperidine rings is 1. The predicted molar refractivity (Wildman–Crippen MR) is 97.0 cm³/mol. The first-order valence-corrected chi connectivity index (χ1v) is 9.86. The summed E-state index contributed by atoms with van der Waals surface area (Å²) in [6.07, 6.45) is 11.2. The molecule has 23 heavy (non-hydrogen) atoms. The van der Waals surface area contributed by atoms with E-state index in [9.17, 15) is 0 Å². The molecule has 1 atom stereocenters. The van der Waals surface area contributed by atoms with Crippen LogP contribution in [0.3, 0.4) is 0 Å². The van der Waals surface area contributed by atoms with Crippen LogP contribution in [0.2, 0.25) is 0 Å². The Kier molecular flexibility index (Phi) is 6.94. The Labute approximate surface area is 144 Å². The van der Waals surface area contributed by atoms with E-state index in [0.29, 0.717) is 12.2 Å². The maximum Gasteiger partial charge on any atom is 0.0936 e. The normalized spacial score (nSPS) is 27.3. The third kappa shape index (κ3) is 6.03. The Balaban J connectivity index is 1.72. The summed E-state index contributed by atoms with van der Waals surface area (Å²) in [6.45, 7) is 14.7. The third-order valence-corrected chi connectivity index (χ3v) is 5.56. The molecule has 0 aromatic rings. The van der Waals surface area contributed by atoms with Crippen molar-refractivity contribution < 1.29 is 9.47 Å². The van der Waals surface area contributed by atoms with Gasteiger partial charge >= 0.3 is 0 Å². The highest BCUT2D eigenvalue weighted by molar-refractivity contribution is 5.02. The molecule has 1 unspecified atom stereocenters. The molecular weight excluding hydrogens is 286 g/mol. The Bertz CT molecular complexity index is 332. The van der Waals surface area contributed by atoms with Crippen LogP contribution in [0.1, 0.15) is 86.0 Å². The Hall–Kier alpha value is -0.120. The van der Waals surface area contributed by atoms with Crippen molar-refractivity contribution in [1.82, 2.24) is 4.90 Å². The SMILES string of the molecule is CCCCCCCCOC1CC(C)(C)N(CC2CO2)C(C)(C)C1. The standard InChI is InChI=1S/C20H39NO2/c1-6-7-8-9-10-11-12-22-17-13-19(2,3)21(15-18-16-23-18)20(4,5)14-17/h17-18H,6-16H2,1-5H3. The van der Waals surface area contributed by atoms with E-state index in [1.165, 1.54) is 38.5 Å². The summed E-state index contributed by atoms with van der Waals surface area (Å²) < 4.78 is 11.7. The number of epoxide rings is 1. The van der Waals surface area contributed by atoms with Gasteiger partial charge in [0.2, 0.25) is 0 Å². The average Bonchev–Trinajstić information content (AvgIpc) is 3.25. The van der Waals surface area contributed by atoms with Crippen LogP contribution < -0.4 is 0 Å². The van der Waals surface area contributed by atoms with Crippen LogP contribution in [-0.2, 0) is 9.47 Å². The zero-order valence-electron chi connectivity index (χ0n) is 16.2. The van der Waals surface area contributed by atoms with Crippen molar-refractivity contribution in [2.45, 2.75) is 109 Å². The lowest BCUT2D eigenvalue weighted by molar-refractivity contribution is -0.106. The van der Waals surface area contributed by atoms with E-state index in [4.69, 9.17) is 9.47 Å². The summed E-state index contributed by atoms with van der Waals surface area (Å²) in [5.74, 6) is 0. The van der Waals surface area contributed by atoms with E-state index < -0.39 is 0 Å². The smallest absolute Gasteiger partial charge is 0.0936 e. The van der Waals surface area contributed by atoms with E-state index in [1.807, 2.05) is 0 Å². The van der Waals surface area contributed by atoms with Gasteiger partial charge in [-0.05, 0) is 47.0 Å². The third-order valence-electron chi connectivity index (χ3n) is 5.56. The molecule has 0 aliphatic carbocycles. The molecule has 2 saturated heterocycles. The number of ether oxygens (including phenoxy) is 2. The van der Waals surface area contributed by atoms with E-state index in [-0.39, 0.29) is 11.1 Å². The molecule has 0 spiro atoms. The van der Waals surface area contributed by atoms with Crippen molar-refractivity contribution in [3.63, 3.8) is 0 Å². The lowest BCUT2D eigenvalue weighted by Gasteiger charge is -2.55. The summed E-state index contributed by atoms with van der Waals surface area (Å²) in [5.41, 5.74) is 0.388. The first-order chi connectivity index (χ1) is 10.8. The van der Waals surface area contributed by atoms with E-state index in [0.717, 1.165) is 32.6 Å². The van der Waals surface area contributed by atoms with Gasteiger partial charge in [0, 0.05) is 24.2 Å². The first kappa shape index (κ1) is 19.2. The lowest BCUT2D eigenvalue weighted by atomic mass is 9.78. The zero-order chi connectivity index (χ0) is 16.9. The van der Waals surface area contributed by atoms with Crippen LogP contribution in [0.5, 0.6) is 0 Å². The second-order valence-electron chi connectivity index (χ2n) is 8.86. The van der Waals surface area contributed by atoms with Crippen LogP contribution in [0.4, 0.5) is 0 Å². The molecule has 0 radical (unpaired) electrons. The highest BCUT2D eigenvalue weighted by atomic mass is 16.6. The molecule has 2 aliphatic heterocycles. The fourth-order valence-corrected chi connectivity index (χ4v) is 4.35. The van der Waals surface area contributed by atoms with Gasteiger partial charge in [0.1, 0.15) is 0 Å². The minimum atomic E-state index is 0.194. The van der Waals surface area contributed by atoms with Gasteiger partial charge in [-0.15, -0.1) is 0 Å². The Morgan fingerprint density at radius 3 is 2.09 bits per heavy atom. The molecule has 136 valence electrons. The molecule has 0 aromatic heterocycles. The first-order valence-electron chi connectivity index (χ1n) is 9.86. The molecular formula is C20H39NO2. The second-order valence-corrected chi connectivity index (χ2v) is 8.86. The number of likely N-dealkylation sites (tertiary alicyclic amines) is 1. The van der Waals surface area contributed by atoms with Crippen molar-refractivity contribution in [1.29, 1.82) is 0 Å². The molecule has 0 aromatic carbocycles. The highest BCUT2D eigenvalue weighted by Gasteiger charge is 2.47. The molecule has 0 amide bonds. The van der Waals surface area contributed by atoms with Crippen molar-refractivity contribution in [3.8, 4) is 0 Å². The summed E-state index contributed by atoms with van der Waals surface area (Å²) in [7, 11) is 0. The molecule has 0 N–H and O–H groups in total. The van der Waals surface area contributed by atoms with Gasteiger partial charge in [-0.3, -0.25) is 4.90 Å². The lowest BCUT2D eigenvalue weighted by Crippen LogP contribution is -2.63. The second kappa shape index (κ2) is 8.31. The minimum Gasteiger partial charge on any atom is -0.378 e. The summed E-state index contributed by atoms with van der Waals surface area (Å²) in [5, 5.41) is 0. The number of unbranched alkanes of at least 4 members (excludes halogenated alkanes) is 5. The zero-order valence-corrected chi connectivity index (χ0v) is 16.2. The predicted octanol–water partition coefficient (Wildman–Crippen LogP) is 4.78. The summed E-state index contributed by atoms with van der Waals surface area (Å²) in [6, 6.07) is 0. The fraction of sp³-hybridized carbons (Fsp3) is 1.00. The molecule has 2 heterocycles. The summed E-state index contributed by atoms with van der Waals surface area (Å²) >= 11 is 0. The average molecular weight is 326 g/mol. The maximum atomic E-state index is 6.27. The van der Waals surface area contributed by atoms with Crippen molar-refractivity contribution in [3.05, 3.63) is 0 Å². The van der Waals surface area contributed by atoms with Gasteiger partial charge < -0.3 is 9.47 Å². The van der Waals surface area contributed by atoms with E-state index in [2.05, 4.69) is 39.5 Å². The van der Waals surface area contributed by atoms with Crippen molar-refractivity contribution >= 4 is 0 Å². The van der Waals surface area contributed by atoms with Gasteiger partial charge in [-0.25, -0.2) is 0 Å². The van der Waals surface area contributed by atoms with Gasteiger partial charge in [0.15, 0.2) is 0 Å². The van der Waals surface area contributed by atoms with Crippen molar-refractivity contribution in [2.24, 2.45) is 0 Å². The maximum absolute atomic E-state index is 6.27. The van der Waals surface area contributed by atoms with E-state index >= 15 is 0 Å². The fourth-order valence-electron chi connectivity index (χ4n) is 4.35. The molecule has 3 heteroatoms. The number of hydrogen-bond acceptors (Lipinski definition) is 3. The van der Waals surface area contributed by atoms with Crippen LogP contribution in [0, 0.1) is 0 Å².